The molecule has 1 fully saturated rings. The number of hydrogen-bond donors (Lipinski definition) is 1. The van der Waals surface area contributed by atoms with Crippen LogP contribution >= 0.6 is 15.9 Å². The van der Waals surface area contributed by atoms with E-state index in [1.807, 2.05) is 0 Å². The Morgan fingerprint density at radius 2 is 2.15 bits per heavy atom. The van der Waals surface area contributed by atoms with E-state index in [0.29, 0.717) is 11.8 Å². The minimum atomic E-state index is 0.225. The van der Waals surface area contributed by atoms with E-state index in [2.05, 4.69) is 35.1 Å². The molecule has 2 atom stereocenters. The van der Waals surface area contributed by atoms with Crippen LogP contribution in [0.5, 0.6) is 0 Å². The number of halogens is 1. The molecule has 0 spiro atoms. The first kappa shape index (κ1) is 11.0. The van der Waals surface area contributed by atoms with E-state index in [4.69, 9.17) is 0 Å². The van der Waals surface area contributed by atoms with Crippen molar-refractivity contribution in [1.82, 2.24) is 5.32 Å². The molecule has 1 N–H and O–H groups in total. The van der Waals surface area contributed by atoms with Crippen LogP contribution in [-0.4, -0.2) is 17.3 Å². The summed E-state index contributed by atoms with van der Waals surface area (Å²) in [5, 5.41) is 3.98. The van der Waals surface area contributed by atoms with E-state index in [-0.39, 0.29) is 11.9 Å². The maximum Gasteiger partial charge on any atom is 0.220 e. The maximum absolute atomic E-state index is 11.4. The molecule has 1 aliphatic rings. The fourth-order valence-electron chi connectivity index (χ4n) is 1.17. The average molecular weight is 248 g/mol. The monoisotopic (exact) mass is 247 g/mol. The summed E-state index contributed by atoms with van der Waals surface area (Å²) in [7, 11) is 0. The normalized spacial score (nSPS) is 20.8. The third-order valence-corrected chi connectivity index (χ3v) is 3.68. The molecule has 3 heteroatoms. The van der Waals surface area contributed by atoms with Gasteiger partial charge in [-0.1, -0.05) is 22.9 Å². The van der Waals surface area contributed by atoms with Gasteiger partial charge in [-0.25, -0.2) is 0 Å². The quantitative estimate of drug-likeness (QED) is 0.743. The summed E-state index contributed by atoms with van der Waals surface area (Å²) in [5.74, 6) is 1.41. The Morgan fingerprint density at radius 3 is 2.62 bits per heavy atom. The number of rotatable bonds is 5. The molecule has 0 aromatic rings. The topological polar surface area (TPSA) is 29.1 Å². The van der Waals surface area contributed by atoms with E-state index in [0.717, 1.165) is 11.8 Å². The van der Waals surface area contributed by atoms with Crippen molar-refractivity contribution in [3.8, 4) is 0 Å². The van der Waals surface area contributed by atoms with Crippen LogP contribution in [0.1, 0.15) is 33.1 Å². The van der Waals surface area contributed by atoms with Gasteiger partial charge < -0.3 is 5.32 Å². The van der Waals surface area contributed by atoms with E-state index in [9.17, 15) is 4.79 Å². The molecule has 1 saturated carbocycles. The van der Waals surface area contributed by atoms with Crippen molar-refractivity contribution in [2.75, 3.05) is 5.33 Å². The zero-order valence-corrected chi connectivity index (χ0v) is 9.93. The van der Waals surface area contributed by atoms with Gasteiger partial charge in [0.05, 0.1) is 0 Å². The van der Waals surface area contributed by atoms with E-state index in [1.54, 1.807) is 0 Å². The van der Waals surface area contributed by atoms with Gasteiger partial charge in [0.25, 0.3) is 0 Å². The van der Waals surface area contributed by atoms with Crippen LogP contribution < -0.4 is 5.32 Å². The zero-order chi connectivity index (χ0) is 9.84. The lowest BCUT2D eigenvalue weighted by Gasteiger charge is -2.19. The zero-order valence-electron chi connectivity index (χ0n) is 8.35. The first-order valence-electron chi connectivity index (χ1n) is 4.98. The highest BCUT2D eigenvalue weighted by atomic mass is 79.9. The highest BCUT2D eigenvalue weighted by Gasteiger charge is 2.25. The van der Waals surface area contributed by atoms with Crippen LogP contribution in [-0.2, 0) is 4.79 Å². The largest absolute Gasteiger partial charge is 0.353 e. The van der Waals surface area contributed by atoms with Crippen molar-refractivity contribution >= 4 is 21.8 Å². The van der Waals surface area contributed by atoms with Gasteiger partial charge in [0, 0.05) is 17.8 Å². The fraction of sp³-hybridized carbons (Fsp3) is 0.900. The maximum atomic E-state index is 11.4. The third kappa shape index (κ3) is 4.12. The molecule has 0 aromatic heterocycles. The molecular formula is C10H18BrNO. The van der Waals surface area contributed by atoms with E-state index in [1.165, 1.54) is 12.8 Å². The van der Waals surface area contributed by atoms with Gasteiger partial charge in [-0.15, -0.1) is 0 Å². The standard InChI is InChI=1S/C10H18BrNO/c1-7(6-11)8(2)12-10(13)5-9-3-4-9/h7-9H,3-6H2,1-2H3,(H,12,13). The summed E-state index contributed by atoms with van der Waals surface area (Å²) in [6, 6.07) is 0.283. The predicted octanol–water partition coefficient (Wildman–Crippen LogP) is 2.32. The van der Waals surface area contributed by atoms with Gasteiger partial charge in [-0.05, 0) is 31.6 Å². The highest BCUT2D eigenvalue weighted by molar-refractivity contribution is 9.09. The number of alkyl halides is 1. The van der Waals surface area contributed by atoms with Gasteiger partial charge in [0.2, 0.25) is 5.91 Å². The molecule has 2 unspecified atom stereocenters. The second-order valence-electron chi connectivity index (χ2n) is 4.14. The number of hydrogen-bond acceptors (Lipinski definition) is 1. The molecule has 0 aromatic carbocycles. The molecule has 1 rings (SSSR count). The van der Waals surface area contributed by atoms with Gasteiger partial charge >= 0.3 is 0 Å². The fourth-order valence-corrected chi connectivity index (χ4v) is 1.73. The minimum Gasteiger partial charge on any atom is -0.353 e. The molecular weight excluding hydrogens is 230 g/mol. The average Bonchev–Trinajstić information content (AvgIpc) is 2.86. The van der Waals surface area contributed by atoms with Gasteiger partial charge in [-0.3, -0.25) is 4.79 Å². The Hall–Kier alpha value is -0.0500. The predicted molar refractivity (Wildman–Crippen MR) is 57.9 cm³/mol. The van der Waals surface area contributed by atoms with Crippen molar-refractivity contribution in [2.24, 2.45) is 11.8 Å². The molecule has 0 bridgehead atoms. The molecule has 2 nitrogen and oxygen atoms in total. The van der Waals surface area contributed by atoms with Crippen LogP contribution in [0.25, 0.3) is 0 Å². The van der Waals surface area contributed by atoms with Crippen LogP contribution in [0.4, 0.5) is 0 Å². The van der Waals surface area contributed by atoms with Crippen LogP contribution in [0.3, 0.4) is 0 Å². The molecule has 0 aliphatic heterocycles. The molecule has 76 valence electrons. The van der Waals surface area contributed by atoms with Gasteiger partial charge in [0.1, 0.15) is 0 Å². The van der Waals surface area contributed by atoms with Gasteiger partial charge in [-0.2, -0.15) is 0 Å². The van der Waals surface area contributed by atoms with Crippen molar-refractivity contribution in [3.63, 3.8) is 0 Å². The van der Waals surface area contributed by atoms with Crippen LogP contribution in [0, 0.1) is 11.8 Å². The van der Waals surface area contributed by atoms with Crippen LogP contribution in [0.15, 0.2) is 0 Å². The third-order valence-electron chi connectivity index (χ3n) is 2.66. The number of amides is 1. The lowest BCUT2D eigenvalue weighted by molar-refractivity contribution is -0.122. The molecule has 1 amide bonds. The highest BCUT2D eigenvalue weighted by Crippen LogP contribution is 2.32. The number of carbonyl (C=O) groups excluding carboxylic acids is 1. The van der Waals surface area contributed by atoms with E-state index < -0.39 is 0 Å². The molecule has 1 aliphatic carbocycles. The first-order valence-corrected chi connectivity index (χ1v) is 6.11. The van der Waals surface area contributed by atoms with Gasteiger partial charge in [0.15, 0.2) is 0 Å². The number of nitrogens with one attached hydrogen (secondary N) is 1. The van der Waals surface area contributed by atoms with Crippen molar-refractivity contribution in [1.29, 1.82) is 0 Å². The summed E-state index contributed by atoms with van der Waals surface area (Å²) in [6.45, 7) is 4.20. The Bertz CT molecular complexity index is 180. The Balaban J connectivity index is 2.17. The van der Waals surface area contributed by atoms with Crippen molar-refractivity contribution in [3.05, 3.63) is 0 Å². The lowest BCUT2D eigenvalue weighted by atomic mass is 10.1. The summed E-state index contributed by atoms with van der Waals surface area (Å²) in [4.78, 5) is 11.4. The lowest BCUT2D eigenvalue weighted by Crippen LogP contribution is -2.37. The smallest absolute Gasteiger partial charge is 0.220 e. The van der Waals surface area contributed by atoms with Crippen molar-refractivity contribution < 1.29 is 4.79 Å². The first-order chi connectivity index (χ1) is 6.13. The Kier molecular flexibility index (Phi) is 4.23. The summed E-state index contributed by atoms with van der Waals surface area (Å²) in [6.07, 6.45) is 3.23. The molecule has 0 radical (unpaired) electrons. The molecule has 0 heterocycles. The van der Waals surface area contributed by atoms with Crippen LogP contribution in [0.2, 0.25) is 0 Å². The summed E-state index contributed by atoms with van der Waals surface area (Å²) < 4.78 is 0. The number of carbonyl (C=O) groups is 1. The second kappa shape index (κ2) is 4.99. The summed E-state index contributed by atoms with van der Waals surface area (Å²) >= 11 is 3.42. The second-order valence-corrected chi connectivity index (χ2v) is 4.78. The SMILES string of the molecule is CC(CBr)C(C)NC(=O)CC1CC1. The van der Waals surface area contributed by atoms with Crippen molar-refractivity contribution in [2.45, 2.75) is 39.2 Å². The summed E-state index contributed by atoms with van der Waals surface area (Å²) in [5.41, 5.74) is 0. The molecule has 0 saturated heterocycles. The molecule has 13 heavy (non-hydrogen) atoms. The minimum absolute atomic E-state index is 0.225. The Morgan fingerprint density at radius 1 is 1.54 bits per heavy atom. The Labute approximate surface area is 88.6 Å². The van der Waals surface area contributed by atoms with E-state index >= 15 is 0 Å².